The minimum Gasteiger partial charge on any atom is -0.493 e. The zero-order valence-corrected chi connectivity index (χ0v) is 23.6. The Hall–Kier alpha value is -2.15. The molecule has 0 fully saturated rings. The van der Waals surface area contributed by atoms with Crippen LogP contribution < -0.4 is 10.1 Å². The van der Waals surface area contributed by atoms with Crippen LogP contribution in [-0.4, -0.2) is 18.7 Å². The molecule has 184 valence electrons. The fraction of sp³-hybridized carbons (Fsp3) is 0.357. The number of carbonyl (C=O) groups is 1. The molecule has 0 saturated heterocycles. The van der Waals surface area contributed by atoms with Gasteiger partial charge in [-0.25, -0.2) is 4.99 Å². The van der Waals surface area contributed by atoms with Gasteiger partial charge in [-0.2, -0.15) is 0 Å². The third-order valence-corrected chi connectivity index (χ3v) is 8.42. The van der Waals surface area contributed by atoms with E-state index in [-0.39, 0.29) is 11.3 Å². The van der Waals surface area contributed by atoms with E-state index < -0.39 is 0 Å². The van der Waals surface area contributed by atoms with Crippen molar-refractivity contribution in [1.82, 2.24) is 0 Å². The summed E-state index contributed by atoms with van der Waals surface area (Å²) in [7, 11) is 0. The van der Waals surface area contributed by atoms with Crippen molar-refractivity contribution in [2.24, 2.45) is 16.3 Å². The quantitative estimate of drug-likeness (QED) is 0.300. The average molecular weight is 574 g/mol. The number of anilines is 1. The van der Waals surface area contributed by atoms with Crippen molar-refractivity contribution in [3.05, 3.63) is 73.5 Å². The monoisotopic (exact) mass is 572 g/mol. The molecule has 0 bridgehead atoms. The van der Waals surface area contributed by atoms with Crippen LogP contribution in [-0.2, 0) is 12.8 Å². The molecule has 4 nitrogen and oxygen atoms in total. The molecule has 2 aromatic carbocycles. The summed E-state index contributed by atoms with van der Waals surface area (Å²) in [5.74, 6) is 1.26. The standard InChI is InChI=1S/C28H30BrClN2O2S/c1-5-34-23-13-6-17(14-22(23)29)16-31-27-25(26(33)32-20-10-8-19(30)9-11-20)21-12-7-18(28(2,3)4)15-24(21)35-27/h6,8-11,13-14,16,18H,5,7,12,15H2,1-4H3,(H,32,33)/t18-/m0/s1. The van der Waals surface area contributed by atoms with Crippen LogP contribution in [0.3, 0.4) is 0 Å². The van der Waals surface area contributed by atoms with Crippen LogP contribution in [0.4, 0.5) is 10.7 Å². The van der Waals surface area contributed by atoms with E-state index in [1.165, 1.54) is 4.88 Å². The Balaban J connectivity index is 1.68. The Morgan fingerprint density at radius 3 is 2.66 bits per heavy atom. The number of carbonyl (C=O) groups excluding carboxylic acids is 1. The number of aliphatic imine (C=N–C) groups is 1. The summed E-state index contributed by atoms with van der Waals surface area (Å²) in [6.45, 7) is 9.46. The van der Waals surface area contributed by atoms with Crippen molar-refractivity contribution < 1.29 is 9.53 Å². The predicted molar refractivity (Wildman–Crippen MR) is 151 cm³/mol. The number of hydrogen-bond acceptors (Lipinski definition) is 4. The van der Waals surface area contributed by atoms with Gasteiger partial charge in [-0.15, -0.1) is 11.3 Å². The van der Waals surface area contributed by atoms with Gasteiger partial charge in [-0.3, -0.25) is 4.79 Å². The van der Waals surface area contributed by atoms with Crippen LogP contribution in [0.5, 0.6) is 5.75 Å². The van der Waals surface area contributed by atoms with Gasteiger partial charge in [-0.05, 0) is 107 Å². The fourth-order valence-electron chi connectivity index (χ4n) is 4.37. The Morgan fingerprint density at radius 2 is 2.00 bits per heavy atom. The van der Waals surface area contributed by atoms with Gasteiger partial charge in [0.15, 0.2) is 0 Å². The minimum atomic E-state index is -0.126. The van der Waals surface area contributed by atoms with Crippen LogP contribution >= 0.6 is 38.9 Å². The number of nitrogens with zero attached hydrogens (tertiary/aromatic N) is 1. The molecule has 1 atom stereocenters. The lowest BCUT2D eigenvalue weighted by Gasteiger charge is -2.33. The first-order valence-electron chi connectivity index (χ1n) is 11.8. The third-order valence-electron chi connectivity index (χ3n) is 6.39. The minimum absolute atomic E-state index is 0.126. The second-order valence-electron chi connectivity index (χ2n) is 9.83. The Bertz CT molecular complexity index is 1250. The number of nitrogens with one attached hydrogen (secondary N) is 1. The highest BCUT2D eigenvalue weighted by Gasteiger charge is 2.33. The first-order chi connectivity index (χ1) is 16.7. The molecule has 1 aliphatic rings. The largest absolute Gasteiger partial charge is 0.493 e. The van der Waals surface area contributed by atoms with Crippen molar-refractivity contribution >= 4 is 61.7 Å². The summed E-state index contributed by atoms with van der Waals surface area (Å²) in [5, 5.41) is 4.43. The molecule has 1 heterocycles. The van der Waals surface area contributed by atoms with Crippen molar-refractivity contribution in [3.8, 4) is 5.75 Å². The molecular weight excluding hydrogens is 544 g/mol. The summed E-state index contributed by atoms with van der Waals surface area (Å²) in [6, 6.07) is 13.1. The maximum Gasteiger partial charge on any atom is 0.259 e. The molecule has 35 heavy (non-hydrogen) atoms. The zero-order valence-electron chi connectivity index (χ0n) is 20.5. The molecule has 0 unspecified atom stereocenters. The SMILES string of the molecule is CCOc1ccc(C=Nc2sc3c(c2C(=O)Nc2ccc(Cl)cc2)CC[C@H](C(C)(C)C)C3)cc1Br. The highest BCUT2D eigenvalue weighted by molar-refractivity contribution is 9.10. The van der Waals surface area contributed by atoms with E-state index in [0.717, 1.165) is 45.6 Å². The topological polar surface area (TPSA) is 50.7 Å². The zero-order chi connectivity index (χ0) is 25.2. The van der Waals surface area contributed by atoms with Crippen LogP contribution in [0.15, 0.2) is 51.9 Å². The smallest absolute Gasteiger partial charge is 0.259 e. The van der Waals surface area contributed by atoms with Crippen molar-refractivity contribution in [3.63, 3.8) is 0 Å². The number of fused-ring (bicyclic) bond motifs is 1. The molecular formula is C28H30BrClN2O2S. The fourth-order valence-corrected chi connectivity index (χ4v) is 6.27. The second kappa shape index (κ2) is 10.9. The molecule has 0 spiro atoms. The molecule has 1 amide bonds. The van der Waals surface area contributed by atoms with Crippen LogP contribution in [0.25, 0.3) is 0 Å². The first kappa shape index (κ1) is 25.9. The van der Waals surface area contributed by atoms with Gasteiger partial charge in [0.25, 0.3) is 5.91 Å². The molecule has 0 radical (unpaired) electrons. The normalized spacial score (nSPS) is 15.8. The maximum absolute atomic E-state index is 13.5. The number of benzene rings is 2. The van der Waals surface area contributed by atoms with E-state index in [4.69, 9.17) is 21.3 Å². The summed E-state index contributed by atoms with van der Waals surface area (Å²) < 4.78 is 6.49. The van der Waals surface area contributed by atoms with Gasteiger partial charge in [-0.1, -0.05) is 32.4 Å². The van der Waals surface area contributed by atoms with Crippen molar-refractivity contribution in [1.29, 1.82) is 0 Å². The van der Waals surface area contributed by atoms with Crippen molar-refractivity contribution in [2.45, 2.75) is 47.0 Å². The maximum atomic E-state index is 13.5. The van der Waals surface area contributed by atoms with Crippen molar-refractivity contribution in [2.75, 3.05) is 11.9 Å². The first-order valence-corrected chi connectivity index (χ1v) is 13.8. The average Bonchev–Trinajstić information content (AvgIpc) is 3.18. The highest BCUT2D eigenvalue weighted by Crippen LogP contribution is 2.45. The molecule has 1 aliphatic carbocycles. The van der Waals surface area contributed by atoms with Crippen LogP contribution in [0.1, 0.15) is 60.5 Å². The van der Waals surface area contributed by atoms with Crippen LogP contribution in [0.2, 0.25) is 5.02 Å². The van der Waals surface area contributed by atoms with Gasteiger partial charge < -0.3 is 10.1 Å². The Labute approximate surface area is 224 Å². The van der Waals surface area contributed by atoms with Gasteiger partial charge in [0, 0.05) is 21.8 Å². The number of rotatable bonds is 6. The van der Waals surface area contributed by atoms with E-state index in [9.17, 15) is 4.79 Å². The molecule has 3 aromatic rings. The second-order valence-corrected chi connectivity index (χ2v) is 12.2. The van der Waals surface area contributed by atoms with Gasteiger partial charge in [0.1, 0.15) is 10.8 Å². The Kier molecular flexibility index (Phi) is 8.04. The van der Waals surface area contributed by atoms with Crippen LogP contribution in [0, 0.1) is 11.3 Å². The van der Waals surface area contributed by atoms with E-state index in [0.29, 0.717) is 28.8 Å². The number of hydrogen-bond donors (Lipinski definition) is 1. The lowest BCUT2D eigenvalue weighted by molar-refractivity contribution is 0.102. The van der Waals surface area contributed by atoms with Gasteiger partial charge in [0.05, 0.1) is 16.6 Å². The van der Waals surface area contributed by atoms with E-state index in [1.807, 2.05) is 43.5 Å². The summed E-state index contributed by atoms with van der Waals surface area (Å²) in [6.07, 6.45) is 4.76. The number of thiophene rings is 1. The molecule has 1 aromatic heterocycles. The molecule has 0 aliphatic heterocycles. The molecule has 1 N–H and O–H groups in total. The number of amides is 1. The van der Waals surface area contributed by atoms with E-state index >= 15 is 0 Å². The summed E-state index contributed by atoms with van der Waals surface area (Å²) in [5.41, 5.74) is 3.71. The highest BCUT2D eigenvalue weighted by atomic mass is 79.9. The molecule has 0 saturated carbocycles. The van der Waals surface area contributed by atoms with Gasteiger partial charge >= 0.3 is 0 Å². The van der Waals surface area contributed by atoms with Gasteiger partial charge in [0.2, 0.25) is 0 Å². The van der Waals surface area contributed by atoms with E-state index in [1.54, 1.807) is 23.5 Å². The summed E-state index contributed by atoms with van der Waals surface area (Å²) in [4.78, 5) is 19.6. The molecule has 4 rings (SSSR count). The Morgan fingerprint density at radius 1 is 1.26 bits per heavy atom. The van der Waals surface area contributed by atoms with E-state index in [2.05, 4.69) is 42.0 Å². The predicted octanol–water partition coefficient (Wildman–Crippen LogP) is 8.72. The summed E-state index contributed by atoms with van der Waals surface area (Å²) >= 11 is 11.2. The third kappa shape index (κ3) is 6.16. The number of halogens is 2. The molecule has 7 heteroatoms. The lowest BCUT2D eigenvalue weighted by Crippen LogP contribution is -2.27. The number of ether oxygens (including phenoxy) is 1. The lowest BCUT2D eigenvalue weighted by atomic mass is 9.72.